The molecule has 2 aromatic rings. The molecule has 0 spiro atoms. The van der Waals surface area contributed by atoms with Gasteiger partial charge in [0.05, 0.1) is 11.4 Å². The minimum atomic E-state index is -0.522. The highest BCUT2D eigenvalue weighted by Crippen LogP contribution is 2.18. The summed E-state index contributed by atoms with van der Waals surface area (Å²) in [7, 11) is 0. The van der Waals surface area contributed by atoms with Crippen LogP contribution in [0.5, 0.6) is 0 Å². The fourth-order valence-corrected chi connectivity index (χ4v) is 2.55. The second kappa shape index (κ2) is 7.43. The molecule has 2 N–H and O–H groups in total. The smallest absolute Gasteiger partial charge is 0.321 e. The molecule has 0 unspecified atom stereocenters. The number of hydrogen-bond donors (Lipinski definition) is 2. The van der Waals surface area contributed by atoms with Crippen molar-refractivity contribution in [3.8, 4) is 5.69 Å². The molecule has 1 aromatic carbocycles. The Bertz CT molecular complexity index is 738. The summed E-state index contributed by atoms with van der Waals surface area (Å²) < 4.78 is 1.56. The largest absolute Gasteiger partial charge is 0.333 e. The van der Waals surface area contributed by atoms with E-state index in [-0.39, 0.29) is 5.75 Å². The van der Waals surface area contributed by atoms with Crippen LogP contribution in [0.2, 0.25) is 0 Å². The molecule has 9 heteroatoms. The van der Waals surface area contributed by atoms with Gasteiger partial charge in [0.15, 0.2) is 0 Å². The molecule has 0 aliphatic heterocycles. The first-order valence-electron chi connectivity index (χ1n) is 7.35. The molecular formula is C15H20N6O2S. The Morgan fingerprint density at radius 2 is 2.04 bits per heavy atom. The Kier molecular flexibility index (Phi) is 5.55. The van der Waals surface area contributed by atoms with Crippen molar-refractivity contribution in [2.45, 2.75) is 38.4 Å². The van der Waals surface area contributed by atoms with Crippen LogP contribution in [0.1, 0.15) is 26.3 Å². The molecule has 0 aliphatic carbocycles. The SMILES string of the molecule is Cc1cccc(-n2nnnc2SCC(=O)NC(=O)NC(C)(C)C)c1. The van der Waals surface area contributed by atoms with Crippen LogP contribution in [-0.2, 0) is 4.79 Å². The van der Waals surface area contributed by atoms with Gasteiger partial charge in [0, 0.05) is 5.54 Å². The molecule has 0 radical (unpaired) electrons. The number of imide groups is 1. The number of aryl methyl sites for hydroxylation is 1. The zero-order chi connectivity index (χ0) is 17.7. The van der Waals surface area contributed by atoms with Crippen LogP contribution >= 0.6 is 11.8 Å². The van der Waals surface area contributed by atoms with E-state index in [9.17, 15) is 9.59 Å². The number of nitrogens with zero attached hydrogens (tertiary/aromatic N) is 4. The number of carbonyl (C=O) groups excluding carboxylic acids is 2. The molecule has 3 amide bonds. The second-order valence-corrected chi connectivity index (χ2v) is 7.20. The van der Waals surface area contributed by atoms with E-state index in [1.54, 1.807) is 4.68 Å². The zero-order valence-electron chi connectivity index (χ0n) is 14.0. The molecule has 0 fully saturated rings. The van der Waals surface area contributed by atoms with Gasteiger partial charge < -0.3 is 5.32 Å². The first-order chi connectivity index (χ1) is 11.2. The maximum atomic E-state index is 11.9. The Morgan fingerprint density at radius 3 is 2.71 bits per heavy atom. The number of thioether (sulfide) groups is 1. The highest BCUT2D eigenvalue weighted by Gasteiger charge is 2.17. The van der Waals surface area contributed by atoms with Gasteiger partial charge in [0.2, 0.25) is 11.1 Å². The molecule has 0 saturated carbocycles. The van der Waals surface area contributed by atoms with E-state index >= 15 is 0 Å². The summed E-state index contributed by atoms with van der Waals surface area (Å²) in [6, 6.07) is 7.18. The van der Waals surface area contributed by atoms with Crippen LogP contribution in [0.3, 0.4) is 0 Å². The predicted octanol–water partition coefficient (Wildman–Crippen LogP) is 1.69. The van der Waals surface area contributed by atoms with Crippen molar-refractivity contribution < 1.29 is 9.59 Å². The molecule has 0 atom stereocenters. The summed E-state index contributed by atoms with van der Waals surface area (Å²) in [5.74, 6) is -0.385. The summed E-state index contributed by atoms with van der Waals surface area (Å²) in [6.45, 7) is 7.48. The van der Waals surface area contributed by atoms with Gasteiger partial charge in [-0.2, -0.15) is 4.68 Å². The molecule has 1 heterocycles. The molecule has 0 saturated heterocycles. The van der Waals surface area contributed by atoms with E-state index in [0.717, 1.165) is 23.0 Å². The van der Waals surface area contributed by atoms with Gasteiger partial charge in [-0.15, -0.1) is 5.10 Å². The highest BCUT2D eigenvalue weighted by atomic mass is 32.2. The van der Waals surface area contributed by atoms with Crippen molar-refractivity contribution in [1.29, 1.82) is 0 Å². The number of aromatic nitrogens is 4. The van der Waals surface area contributed by atoms with Crippen LogP contribution in [0.15, 0.2) is 29.4 Å². The summed E-state index contributed by atoms with van der Waals surface area (Å²) in [5.41, 5.74) is 1.48. The number of nitrogens with one attached hydrogen (secondary N) is 2. The predicted molar refractivity (Wildman–Crippen MR) is 91.0 cm³/mol. The molecule has 8 nitrogen and oxygen atoms in total. The number of tetrazole rings is 1. The Morgan fingerprint density at radius 1 is 1.29 bits per heavy atom. The van der Waals surface area contributed by atoms with E-state index in [0.29, 0.717) is 5.16 Å². The van der Waals surface area contributed by atoms with Crippen molar-refractivity contribution in [2.24, 2.45) is 0 Å². The third-order valence-corrected chi connectivity index (χ3v) is 3.68. The molecule has 128 valence electrons. The van der Waals surface area contributed by atoms with Gasteiger partial charge in [-0.3, -0.25) is 10.1 Å². The van der Waals surface area contributed by atoms with Gasteiger partial charge in [-0.25, -0.2) is 4.79 Å². The number of amides is 3. The molecule has 0 bridgehead atoms. The second-order valence-electron chi connectivity index (χ2n) is 6.25. The van der Waals surface area contributed by atoms with Crippen molar-refractivity contribution in [1.82, 2.24) is 30.8 Å². The summed E-state index contributed by atoms with van der Waals surface area (Å²) in [5, 5.41) is 16.9. The standard InChI is InChI=1S/C15H20N6O2S/c1-10-6-5-7-11(8-10)21-14(18-19-20-21)24-9-12(22)16-13(23)17-15(2,3)4/h5-8H,9H2,1-4H3,(H2,16,17,22,23). The fraction of sp³-hybridized carbons (Fsp3) is 0.400. The Hall–Kier alpha value is -2.42. The fourth-order valence-electron chi connectivity index (χ4n) is 1.86. The molecule has 1 aromatic heterocycles. The minimum absolute atomic E-state index is 0.0315. The van der Waals surface area contributed by atoms with E-state index in [1.807, 2.05) is 52.0 Å². The van der Waals surface area contributed by atoms with Gasteiger partial charge in [-0.1, -0.05) is 23.9 Å². The van der Waals surface area contributed by atoms with Crippen LogP contribution in [0.4, 0.5) is 4.79 Å². The Balaban J connectivity index is 1.95. The van der Waals surface area contributed by atoms with Gasteiger partial charge in [0.25, 0.3) is 0 Å². The lowest BCUT2D eigenvalue weighted by Gasteiger charge is -2.20. The summed E-state index contributed by atoms with van der Waals surface area (Å²) in [6.07, 6.45) is 0. The number of benzene rings is 1. The third-order valence-electron chi connectivity index (χ3n) is 2.76. The van der Waals surface area contributed by atoms with Crippen LogP contribution in [0.25, 0.3) is 5.69 Å². The van der Waals surface area contributed by atoms with E-state index in [2.05, 4.69) is 26.2 Å². The third kappa shape index (κ3) is 5.34. The van der Waals surface area contributed by atoms with Crippen molar-refractivity contribution in [3.05, 3.63) is 29.8 Å². The lowest BCUT2D eigenvalue weighted by atomic mass is 10.1. The van der Waals surface area contributed by atoms with E-state index < -0.39 is 17.5 Å². The lowest BCUT2D eigenvalue weighted by Crippen LogP contribution is -2.48. The summed E-state index contributed by atoms with van der Waals surface area (Å²) >= 11 is 1.16. The average molecular weight is 348 g/mol. The van der Waals surface area contributed by atoms with E-state index in [4.69, 9.17) is 0 Å². The number of urea groups is 1. The topological polar surface area (TPSA) is 102 Å². The maximum Gasteiger partial charge on any atom is 0.321 e. The molecule has 0 aliphatic rings. The van der Waals surface area contributed by atoms with Gasteiger partial charge in [-0.05, 0) is 55.8 Å². The van der Waals surface area contributed by atoms with Crippen molar-refractivity contribution >= 4 is 23.7 Å². The Labute approximate surface area is 144 Å². The number of rotatable bonds is 4. The van der Waals surface area contributed by atoms with Crippen LogP contribution < -0.4 is 10.6 Å². The lowest BCUT2D eigenvalue weighted by molar-refractivity contribution is -0.117. The van der Waals surface area contributed by atoms with Gasteiger partial charge >= 0.3 is 6.03 Å². The number of carbonyl (C=O) groups is 2. The minimum Gasteiger partial charge on any atom is -0.333 e. The number of hydrogen-bond acceptors (Lipinski definition) is 6. The first kappa shape index (κ1) is 17.9. The maximum absolute atomic E-state index is 11.9. The quantitative estimate of drug-likeness (QED) is 0.815. The zero-order valence-corrected chi connectivity index (χ0v) is 14.8. The van der Waals surface area contributed by atoms with Crippen molar-refractivity contribution in [3.63, 3.8) is 0 Å². The van der Waals surface area contributed by atoms with Gasteiger partial charge in [0.1, 0.15) is 0 Å². The molecule has 2 rings (SSSR count). The molecular weight excluding hydrogens is 328 g/mol. The van der Waals surface area contributed by atoms with Crippen molar-refractivity contribution in [2.75, 3.05) is 5.75 Å². The monoisotopic (exact) mass is 348 g/mol. The first-order valence-corrected chi connectivity index (χ1v) is 8.33. The molecule has 24 heavy (non-hydrogen) atoms. The normalized spacial score (nSPS) is 11.2. The van der Waals surface area contributed by atoms with E-state index in [1.165, 1.54) is 0 Å². The van der Waals surface area contributed by atoms with Crippen LogP contribution in [-0.4, -0.2) is 43.4 Å². The average Bonchev–Trinajstić information content (AvgIpc) is 2.91. The highest BCUT2D eigenvalue weighted by molar-refractivity contribution is 7.99. The summed E-state index contributed by atoms with van der Waals surface area (Å²) in [4.78, 5) is 23.5. The van der Waals surface area contributed by atoms with Crippen LogP contribution in [0, 0.1) is 6.92 Å².